The summed E-state index contributed by atoms with van der Waals surface area (Å²) in [5.74, 6) is 0.0848. The van der Waals surface area contributed by atoms with Crippen LogP contribution in [-0.2, 0) is 24.2 Å². The number of carbonyl (C=O) groups excluding carboxylic acids is 2. The number of rotatable bonds is 6. The summed E-state index contributed by atoms with van der Waals surface area (Å²) in [5.41, 5.74) is 5.06. The normalized spacial score (nSPS) is 12.5. The molecular formula is C25H24N2O2. The Morgan fingerprint density at radius 3 is 2.34 bits per heavy atom. The van der Waals surface area contributed by atoms with E-state index in [1.165, 1.54) is 5.56 Å². The van der Waals surface area contributed by atoms with Crippen LogP contribution in [0.2, 0.25) is 0 Å². The molecule has 0 bridgehead atoms. The number of carbonyl (C=O) groups is 2. The van der Waals surface area contributed by atoms with Crippen LogP contribution in [0.25, 0.3) is 0 Å². The second-order valence-electron chi connectivity index (χ2n) is 7.30. The van der Waals surface area contributed by atoms with E-state index in [1.807, 2.05) is 77.7 Å². The first-order chi connectivity index (χ1) is 14.2. The first kappa shape index (κ1) is 18.9. The lowest BCUT2D eigenvalue weighted by molar-refractivity contribution is -0.121. The molecule has 1 heterocycles. The van der Waals surface area contributed by atoms with E-state index in [2.05, 4.69) is 11.4 Å². The SMILES string of the molecule is O=C(CCc1ccccc1)NCc1ccc2c(c1)CCN2C(=O)c1ccccc1. The van der Waals surface area contributed by atoms with Crippen molar-refractivity contribution in [1.29, 1.82) is 0 Å². The van der Waals surface area contributed by atoms with Gasteiger partial charge in [-0.1, -0.05) is 60.7 Å². The second-order valence-corrected chi connectivity index (χ2v) is 7.30. The maximum Gasteiger partial charge on any atom is 0.258 e. The number of nitrogens with one attached hydrogen (secondary N) is 1. The van der Waals surface area contributed by atoms with E-state index in [0.29, 0.717) is 25.1 Å². The van der Waals surface area contributed by atoms with Crippen LogP contribution in [0.1, 0.15) is 33.5 Å². The lowest BCUT2D eigenvalue weighted by Gasteiger charge is -2.17. The van der Waals surface area contributed by atoms with Crippen molar-refractivity contribution in [2.24, 2.45) is 0 Å². The summed E-state index contributed by atoms with van der Waals surface area (Å²) in [6.07, 6.45) is 2.06. The Morgan fingerprint density at radius 2 is 1.59 bits per heavy atom. The molecule has 0 saturated carbocycles. The molecule has 4 nitrogen and oxygen atoms in total. The average Bonchev–Trinajstić information content (AvgIpc) is 3.20. The zero-order chi connectivity index (χ0) is 20.1. The van der Waals surface area contributed by atoms with Gasteiger partial charge in [-0.15, -0.1) is 0 Å². The fourth-order valence-electron chi connectivity index (χ4n) is 3.70. The first-order valence-corrected chi connectivity index (χ1v) is 10.00. The van der Waals surface area contributed by atoms with Crippen molar-refractivity contribution in [3.63, 3.8) is 0 Å². The van der Waals surface area contributed by atoms with Gasteiger partial charge in [-0.3, -0.25) is 9.59 Å². The quantitative estimate of drug-likeness (QED) is 0.694. The van der Waals surface area contributed by atoms with Gasteiger partial charge in [0.25, 0.3) is 5.91 Å². The number of hydrogen-bond donors (Lipinski definition) is 1. The van der Waals surface area contributed by atoms with Gasteiger partial charge in [0, 0.05) is 30.8 Å². The second kappa shape index (κ2) is 8.74. The number of nitrogens with zero attached hydrogens (tertiary/aromatic N) is 1. The van der Waals surface area contributed by atoms with Gasteiger partial charge in [0.1, 0.15) is 0 Å². The highest BCUT2D eigenvalue weighted by Crippen LogP contribution is 2.30. The molecule has 1 aliphatic heterocycles. The summed E-state index contributed by atoms with van der Waals surface area (Å²) in [6.45, 7) is 1.20. The van der Waals surface area contributed by atoms with Crippen LogP contribution >= 0.6 is 0 Å². The fraction of sp³-hybridized carbons (Fsp3) is 0.200. The summed E-state index contributed by atoms with van der Waals surface area (Å²) in [4.78, 5) is 26.8. The van der Waals surface area contributed by atoms with E-state index in [4.69, 9.17) is 0 Å². The van der Waals surface area contributed by atoms with E-state index >= 15 is 0 Å². The predicted molar refractivity (Wildman–Crippen MR) is 115 cm³/mol. The maximum atomic E-state index is 12.8. The summed E-state index contributed by atoms with van der Waals surface area (Å²) >= 11 is 0. The van der Waals surface area contributed by atoms with Crippen molar-refractivity contribution in [2.75, 3.05) is 11.4 Å². The molecular weight excluding hydrogens is 360 g/mol. The molecule has 1 N–H and O–H groups in total. The van der Waals surface area contributed by atoms with E-state index < -0.39 is 0 Å². The molecule has 0 fully saturated rings. The van der Waals surface area contributed by atoms with Gasteiger partial charge in [0.05, 0.1) is 0 Å². The number of benzene rings is 3. The van der Waals surface area contributed by atoms with Gasteiger partial charge in [-0.05, 0) is 47.7 Å². The molecule has 0 unspecified atom stereocenters. The molecule has 4 heteroatoms. The van der Waals surface area contributed by atoms with E-state index in [-0.39, 0.29) is 11.8 Å². The zero-order valence-electron chi connectivity index (χ0n) is 16.3. The fourth-order valence-corrected chi connectivity index (χ4v) is 3.70. The molecule has 0 radical (unpaired) electrons. The number of fused-ring (bicyclic) bond motifs is 1. The molecule has 0 spiro atoms. The van der Waals surface area contributed by atoms with Crippen LogP contribution in [0.5, 0.6) is 0 Å². The average molecular weight is 384 g/mol. The highest BCUT2D eigenvalue weighted by molar-refractivity contribution is 6.07. The Morgan fingerprint density at radius 1 is 0.862 bits per heavy atom. The smallest absolute Gasteiger partial charge is 0.258 e. The predicted octanol–water partition coefficient (Wildman–Crippen LogP) is 4.14. The molecule has 29 heavy (non-hydrogen) atoms. The van der Waals surface area contributed by atoms with Crippen LogP contribution < -0.4 is 10.2 Å². The van der Waals surface area contributed by atoms with Crippen LogP contribution in [0.15, 0.2) is 78.9 Å². The van der Waals surface area contributed by atoms with Gasteiger partial charge < -0.3 is 10.2 Å². The van der Waals surface area contributed by atoms with Gasteiger partial charge in [-0.2, -0.15) is 0 Å². The summed E-state index contributed by atoms with van der Waals surface area (Å²) < 4.78 is 0. The monoisotopic (exact) mass is 384 g/mol. The van der Waals surface area contributed by atoms with Crippen molar-refractivity contribution in [3.05, 3.63) is 101 Å². The minimum atomic E-state index is 0.0336. The molecule has 3 aromatic carbocycles. The third-order valence-corrected chi connectivity index (χ3v) is 5.28. The molecule has 1 aliphatic rings. The largest absolute Gasteiger partial charge is 0.352 e. The Balaban J connectivity index is 1.34. The van der Waals surface area contributed by atoms with Gasteiger partial charge >= 0.3 is 0 Å². The number of hydrogen-bond acceptors (Lipinski definition) is 2. The lowest BCUT2D eigenvalue weighted by Crippen LogP contribution is -2.28. The topological polar surface area (TPSA) is 49.4 Å². The van der Waals surface area contributed by atoms with Crippen molar-refractivity contribution < 1.29 is 9.59 Å². The summed E-state index contributed by atoms with van der Waals surface area (Å²) in [5, 5.41) is 3.00. The molecule has 4 rings (SSSR count). The minimum absolute atomic E-state index is 0.0336. The number of aryl methyl sites for hydroxylation is 1. The molecule has 2 amide bonds. The van der Waals surface area contributed by atoms with Crippen LogP contribution in [-0.4, -0.2) is 18.4 Å². The Hall–Kier alpha value is -3.40. The highest BCUT2D eigenvalue weighted by atomic mass is 16.2. The Bertz CT molecular complexity index is 1000. The molecule has 3 aromatic rings. The summed E-state index contributed by atoms with van der Waals surface area (Å²) in [6, 6.07) is 25.5. The molecule has 0 aliphatic carbocycles. The van der Waals surface area contributed by atoms with Crippen molar-refractivity contribution in [2.45, 2.75) is 25.8 Å². The lowest BCUT2D eigenvalue weighted by atomic mass is 10.1. The first-order valence-electron chi connectivity index (χ1n) is 10.00. The van der Waals surface area contributed by atoms with Crippen molar-refractivity contribution in [1.82, 2.24) is 5.32 Å². The number of amides is 2. The van der Waals surface area contributed by atoms with Crippen LogP contribution in [0, 0.1) is 0 Å². The maximum absolute atomic E-state index is 12.8. The zero-order valence-corrected chi connectivity index (χ0v) is 16.3. The van der Waals surface area contributed by atoms with Crippen LogP contribution in [0.3, 0.4) is 0 Å². The van der Waals surface area contributed by atoms with Crippen molar-refractivity contribution >= 4 is 17.5 Å². The highest BCUT2D eigenvalue weighted by Gasteiger charge is 2.25. The molecule has 0 aromatic heterocycles. The molecule has 0 saturated heterocycles. The van der Waals surface area contributed by atoms with Gasteiger partial charge in [-0.25, -0.2) is 0 Å². The van der Waals surface area contributed by atoms with Crippen molar-refractivity contribution in [3.8, 4) is 0 Å². The third-order valence-electron chi connectivity index (χ3n) is 5.28. The van der Waals surface area contributed by atoms with E-state index in [1.54, 1.807) is 0 Å². The van der Waals surface area contributed by atoms with Gasteiger partial charge in [0.2, 0.25) is 5.91 Å². The standard InChI is InChI=1S/C25H24N2O2/c28-24(14-12-19-7-3-1-4-8-19)26-18-20-11-13-23-22(17-20)15-16-27(23)25(29)21-9-5-2-6-10-21/h1-11,13,17H,12,14-16,18H2,(H,26,28). The molecule has 146 valence electrons. The Labute approximate surface area is 171 Å². The van der Waals surface area contributed by atoms with E-state index in [0.717, 1.165) is 29.7 Å². The third kappa shape index (κ3) is 4.54. The minimum Gasteiger partial charge on any atom is -0.352 e. The van der Waals surface area contributed by atoms with Gasteiger partial charge in [0.15, 0.2) is 0 Å². The van der Waals surface area contributed by atoms with Crippen LogP contribution in [0.4, 0.5) is 5.69 Å². The number of anilines is 1. The van der Waals surface area contributed by atoms with E-state index in [9.17, 15) is 9.59 Å². The Kier molecular flexibility index (Phi) is 5.71. The molecule has 0 atom stereocenters. The summed E-state index contributed by atoms with van der Waals surface area (Å²) in [7, 11) is 0.